The van der Waals surface area contributed by atoms with Gasteiger partial charge in [-0.15, -0.1) is 0 Å². The van der Waals surface area contributed by atoms with Gasteiger partial charge in [0.1, 0.15) is 0 Å². The zero-order valence-corrected chi connectivity index (χ0v) is 14.4. The summed E-state index contributed by atoms with van der Waals surface area (Å²) in [6, 6.07) is 15.1. The maximum atomic E-state index is 12.2. The molecule has 0 aromatic heterocycles. The summed E-state index contributed by atoms with van der Waals surface area (Å²) in [5, 5.41) is 13.8. The van der Waals surface area contributed by atoms with Crippen LogP contribution in [0.4, 0.5) is 0 Å². The second-order valence-electron chi connectivity index (χ2n) is 5.37. The molecular formula is C17H20ClNO3S. The van der Waals surface area contributed by atoms with Gasteiger partial charge in [-0.3, -0.25) is 0 Å². The van der Waals surface area contributed by atoms with E-state index in [4.69, 9.17) is 11.6 Å². The predicted molar refractivity (Wildman–Crippen MR) is 92.4 cm³/mol. The molecule has 0 heterocycles. The fourth-order valence-electron chi connectivity index (χ4n) is 2.23. The molecule has 0 amide bonds. The monoisotopic (exact) mass is 353 g/mol. The Morgan fingerprint density at radius 3 is 2.30 bits per heavy atom. The van der Waals surface area contributed by atoms with Gasteiger partial charge >= 0.3 is 0 Å². The smallest absolute Gasteiger partial charge is 0.179 e. The van der Waals surface area contributed by atoms with E-state index in [0.29, 0.717) is 5.02 Å². The number of aliphatic hydroxyl groups is 1. The van der Waals surface area contributed by atoms with E-state index in [1.54, 1.807) is 12.1 Å². The molecule has 0 spiro atoms. The first-order valence-corrected chi connectivity index (χ1v) is 9.38. The summed E-state index contributed by atoms with van der Waals surface area (Å²) in [6.07, 6.45) is -0.686. The van der Waals surface area contributed by atoms with E-state index >= 15 is 0 Å². The van der Waals surface area contributed by atoms with Crippen molar-refractivity contribution in [3.63, 3.8) is 0 Å². The molecule has 0 fully saturated rings. The topological polar surface area (TPSA) is 66.4 Å². The Labute approximate surface area is 142 Å². The van der Waals surface area contributed by atoms with E-state index in [9.17, 15) is 13.5 Å². The van der Waals surface area contributed by atoms with Gasteiger partial charge < -0.3 is 10.4 Å². The molecule has 0 saturated carbocycles. The number of hydrogen-bond donors (Lipinski definition) is 2. The Hall–Kier alpha value is -1.40. The van der Waals surface area contributed by atoms with Crippen LogP contribution in [-0.4, -0.2) is 31.9 Å². The van der Waals surface area contributed by atoms with Gasteiger partial charge in [0.15, 0.2) is 9.84 Å². The van der Waals surface area contributed by atoms with E-state index in [-0.39, 0.29) is 23.2 Å². The average Bonchev–Trinajstić information content (AvgIpc) is 2.55. The average molecular weight is 354 g/mol. The Morgan fingerprint density at radius 1 is 1.09 bits per heavy atom. The Balaban J connectivity index is 1.90. The van der Waals surface area contributed by atoms with Crippen LogP contribution in [0.3, 0.4) is 0 Å². The third-order valence-electron chi connectivity index (χ3n) is 3.62. The van der Waals surface area contributed by atoms with E-state index in [1.807, 2.05) is 37.3 Å². The summed E-state index contributed by atoms with van der Waals surface area (Å²) < 4.78 is 24.4. The van der Waals surface area contributed by atoms with Crippen molar-refractivity contribution in [2.45, 2.75) is 24.0 Å². The van der Waals surface area contributed by atoms with Crippen LogP contribution in [0.25, 0.3) is 0 Å². The lowest BCUT2D eigenvalue weighted by molar-refractivity contribution is 0.137. The van der Waals surface area contributed by atoms with Gasteiger partial charge in [-0.1, -0.05) is 41.9 Å². The molecule has 0 radical (unpaired) electrons. The fourth-order valence-corrected chi connectivity index (χ4v) is 3.53. The van der Waals surface area contributed by atoms with Crippen LogP contribution in [-0.2, 0) is 9.84 Å². The van der Waals surface area contributed by atoms with Crippen molar-refractivity contribution < 1.29 is 13.5 Å². The van der Waals surface area contributed by atoms with Crippen molar-refractivity contribution in [1.82, 2.24) is 5.32 Å². The molecule has 6 heteroatoms. The number of nitrogens with one attached hydrogen (secondary N) is 1. The molecule has 0 aliphatic heterocycles. The first-order chi connectivity index (χ1) is 10.9. The van der Waals surface area contributed by atoms with Crippen LogP contribution in [0.1, 0.15) is 18.6 Å². The summed E-state index contributed by atoms with van der Waals surface area (Å²) in [5.41, 5.74) is 0.799. The highest BCUT2D eigenvalue weighted by Gasteiger charge is 2.18. The molecule has 0 aliphatic rings. The lowest BCUT2D eigenvalue weighted by atomic mass is 10.0. The minimum Gasteiger partial charge on any atom is -0.387 e. The van der Waals surface area contributed by atoms with Crippen LogP contribution >= 0.6 is 11.6 Å². The number of sulfone groups is 1. The fraction of sp³-hybridized carbons (Fsp3) is 0.294. The molecule has 4 nitrogen and oxygen atoms in total. The second kappa shape index (κ2) is 7.93. The quantitative estimate of drug-likeness (QED) is 0.803. The van der Waals surface area contributed by atoms with Crippen LogP contribution in [0, 0.1) is 0 Å². The van der Waals surface area contributed by atoms with Crippen LogP contribution in [0.2, 0.25) is 5.02 Å². The van der Waals surface area contributed by atoms with Gasteiger partial charge in [0.25, 0.3) is 0 Å². The van der Waals surface area contributed by atoms with Crippen LogP contribution < -0.4 is 5.32 Å². The normalized spacial score (nSPS) is 14.4. The Morgan fingerprint density at radius 2 is 1.70 bits per heavy atom. The van der Waals surface area contributed by atoms with Gasteiger partial charge in [0.2, 0.25) is 0 Å². The van der Waals surface area contributed by atoms with Crippen molar-refractivity contribution in [3.05, 3.63) is 65.2 Å². The second-order valence-corrected chi connectivity index (χ2v) is 7.92. The number of aliphatic hydroxyl groups excluding tert-OH is 1. The predicted octanol–water partition coefficient (Wildman–Crippen LogP) is 2.83. The van der Waals surface area contributed by atoms with E-state index in [2.05, 4.69) is 5.32 Å². The lowest BCUT2D eigenvalue weighted by Gasteiger charge is -2.20. The highest BCUT2D eigenvalue weighted by Crippen LogP contribution is 2.17. The van der Waals surface area contributed by atoms with Gasteiger partial charge in [0, 0.05) is 17.6 Å². The van der Waals surface area contributed by atoms with Crippen molar-refractivity contribution in [3.8, 4) is 0 Å². The zero-order chi connectivity index (χ0) is 16.9. The molecule has 124 valence electrons. The molecule has 2 atom stereocenters. The summed E-state index contributed by atoms with van der Waals surface area (Å²) >= 11 is 5.77. The molecule has 23 heavy (non-hydrogen) atoms. The van der Waals surface area contributed by atoms with E-state index in [1.165, 1.54) is 12.1 Å². The van der Waals surface area contributed by atoms with Crippen LogP contribution in [0.5, 0.6) is 0 Å². The Bertz CT molecular complexity index is 717. The van der Waals surface area contributed by atoms with Crippen LogP contribution in [0.15, 0.2) is 59.5 Å². The number of hydrogen-bond acceptors (Lipinski definition) is 4. The van der Waals surface area contributed by atoms with Gasteiger partial charge in [-0.05, 0) is 36.8 Å². The number of benzene rings is 2. The zero-order valence-electron chi connectivity index (χ0n) is 12.8. The number of rotatable bonds is 7. The summed E-state index contributed by atoms with van der Waals surface area (Å²) in [5.74, 6) is -0.0412. The van der Waals surface area contributed by atoms with Crippen molar-refractivity contribution in [2.75, 3.05) is 12.3 Å². The molecule has 0 aliphatic carbocycles. The molecule has 2 rings (SSSR count). The summed E-state index contributed by atoms with van der Waals surface area (Å²) in [4.78, 5) is 0.250. The largest absolute Gasteiger partial charge is 0.387 e. The minimum absolute atomic E-state index is 0.0412. The van der Waals surface area contributed by atoms with Crippen molar-refractivity contribution >= 4 is 21.4 Å². The van der Waals surface area contributed by atoms with E-state index in [0.717, 1.165) is 5.56 Å². The minimum atomic E-state index is -3.37. The lowest BCUT2D eigenvalue weighted by Crippen LogP contribution is -2.35. The first-order valence-electron chi connectivity index (χ1n) is 7.35. The highest BCUT2D eigenvalue weighted by molar-refractivity contribution is 7.91. The molecule has 2 aromatic rings. The molecule has 2 unspecified atom stereocenters. The SMILES string of the molecule is CC(NCCS(=O)(=O)c1ccc(Cl)cc1)C(O)c1ccccc1. The molecule has 2 N–H and O–H groups in total. The third kappa shape index (κ3) is 5.04. The maximum Gasteiger partial charge on any atom is 0.179 e. The molecule has 0 saturated heterocycles. The van der Waals surface area contributed by atoms with E-state index < -0.39 is 15.9 Å². The number of halogens is 1. The van der Waals surface area contributed by atoms with Crippen molar-refractivity contribution in [2.24, 2.45) is 0 Å². The van der Waals surface area contributed by atoms with Gasteiger partial charge in [0.05, 0.1) is 16.8 Å². The summed E-state index contributed by atoms with van der Waals surface area (Å²) in [7, 11) is -3.37. The van der Waals surface area contributed by atoms with Gasteiger partial charge in [-0.2, -0.15) is 0 Å². The van der Waals surface area contributed by atoms with Crippen molar-refractivity contribution in [1.29, 1.82) is 0 Å². The molecule has 0 bridgehead atoms. The summed E-state index contributed by atoms with van der Waals surface area (Å²) in [6.45, 7) is 2.09. The molecule has 2 aromatic carbocycles. The highest BCUT2D eigenvalue weighted by atomic mass is 35.5. The van der Waals surface area contributed by atoms with Gasteiger partial charge in [-0.25, -0.2) is 8.42 Å². The third-order valence-corrected chi connectivity index (χ3v) is 5.61. The standard InChI is InChI=1S/C17H20ClNO3S/c1-13(17(20)14-5-3-2-4-6-14)19-11-12-23(21,22)16-9-7-15(18)8-10-16/h2-10,13,17,19-20H,11-12H2,1H3. The Kier molecular flexibility index (Phi) is 6.18. The first kappa shape index (κ1) is 17.9. The molecular weight excluding hydrogens is 334 g/mol. The maximum absolute atomic E-state index is 12.2.